The van der Waals surface area contributed by atoms with Crippen molar-refractivity contribution >= 4 is 0 Å². The molecule has 1 N–H and O–H groups in total. The molecular formula is C14H18O2. The molecule has 1 rings (SSSR count). The SMILES string of the molecule is CCCCOc1ccc(C#CCCO)cc1. The Balaban J connectivity index is 2.45. The Labute approximate surface area is 97.3 Å². The Morgan fingerprint density at radius 3 is 2.62 bits per heavy atom. The zero-order valence-corrected chi connectivity index (χ0v) is 9.70. The van der Waals surface area contributed by atoms with Gasteiger partial charge in [0.1, 0.15) is 5.75 Å². The van der Waals surface area contributed by atoms with Gasteiger partial charge in [-0.2, -0.15) is 0 Å². The van der Waals surface area contributed by atoms with Gasteiger partial charge < -0.3 is 9.84 Å². The van der Waals surface area contributed by atoms with E-state index in [4.69, 9.17) is 9.84 Å². The number of hydrogen-bond donors (Lipinski definition) is 1. The van der Waals surface area contributed by atoms with Crippen LogP contribution in [0.15, 0.2) is 24.3 Å². The van der Waals surface area contributed by atoms with Gasteiger partial charge in [-0.1, -0.05) is 25.2 Å². The second-order valence-electron chi connectivity index (χ2n) is 3.50. The quantitative estimate of drug-likeness (QED) is 0.608. The third kappa shape index (κ3) is 4.86. The average Bonchev–Trinajstić information content (AvgIpc) is 2.32. The van der Waals surface area contributed by atoms with Crippen LogP contribution in [0.3, 0.4) is 0 Å². The highest BCUT2D eigenvalue weighted by Gasteiger charge is 1.92. The lowest BCUT2D eigenvalue weighted by Crippen LogP contribution is -1.95. The molecule has 0 atom stereocenters. The molecule has 0 unspecified atom stereocenters. The van der Waals surface area contributed by atoms with Crippen molar-refractivity contribution in [1.82, 2.24) is 0 Å². The van der Waals surface area contributed by atoms with Crippen LogP contribution < -0.4 is 4.74 Å². The van der Waals surface area contributed by atoms with Crippen LogP contribution in [0.5, 0.6) is 5.75 Å². The lowest BCUT2D eigenvalue weighted by Gasteiger charge is -2.04. The van der Waals surface area contributed by atoms with Gasteiger partial charge in [0, 0.05) is 12.0 Å². The van der Waals surface area contributed by atoms with Gasteiger partial charge in [0.15, 0.2) is 0 Å². The molecule has 1 aromatic rings. The molecule has 0 aromatic heterocycles. The van der Waals surface area contributed by atoms with E-state index >= 15 is 0 Å². The Morgan fingerprint density at radius 2 is 2.00 bits per heavy atom. The molecule has 0 saturated carbocycles. The van der Waals surface area contributed by atoms with E-state index in [0.29, 0.717) is 6.42 Å². The van der Waals surface area contributed by atoms with Crippen molar-refractivity contribution in [3.05, 3.63) is 29.8 Å². The number of aliphatic hydroxyl groups excluding tert-OH is 1. The highest BCUT2D eigenvalue weighted by atomic mass is 16.5. The lowest BCUT2D eigenvalue weighted by atomic mass is 10.2. The normalized spacial score (nSPS) is 9.38. The van der Waals surface area contributed by atoms with E-state index in [1.165, 1.54) is 0 Å². The van der Waals surface area contributed by atoms with Gasteiger partial charge in [-0.3, -0.25) is 0 Å². The standard InChI is InChI=1S/C14H18O2/c1-2-3-12-16-14-9-7-13(8-10-14)6-4-5-11-15/h7-10,15H,2-3,5,11-12H2,1H3. The molecule has 0 bridgehead atoms. The topological polar surface area (TPSA) is 29.5 Å². The van der Waals surface area contributed by atoms with Crippen LogP contribution in [-0.2, 0) is 0 Å². The first kappa shape index (κ1) is 12.6. The van der Waals surface area contributed by atoms with Gasteiger partial charge in [0.25, 0.3) is 0 Å². The summed E-state index contributed by atoms with van der Waals surface area (Å²) in [7, 11) is 0. The monoisotopic (exact) mass is 218 g/mol. The van der Waals surface area contributed by atoms with Crippen molar-refractivity contribution in [2.45, 2.75) is 26.2 Å². The molecule has 0 aliphatic rings. The molecule has 0 amide bonds. The largest absolute Gasteiger partial charge is 0.494 e. The first-order chi connectivity index (χ1) is 7.86. The van der Waals surface area contributed by atoms with E-state index < -0.39 is 0 Å². The summed E-state index contributed by atoms with van der Waals surface area (Å²) < 4.78 is 5.54. The Kier molecular flexibility index (Phi) is 6.13. The summed E-state index contributed by atoms with van der Waals surface area (Å²) in [4.78, 5) is 0. The number of hydrogen-bond acceptors (Lipinski definition) is 2. The van der Waals surface area contributed by atoms with E-state index in [0.717, 1.165) is 30.8 Å². The third-order valence-corrected chi connectivity index (χ3v) is 2.09. The Morgan fingerprint density at radius 1 is 1.25 bits per heavy atom. The molecule has 16 heavy (non-hydrogen) atoms. The van der Waals surface area contributed by atoms with Crippen molar-refractivity contribution in [3.63, 3.8) is 0 Å². The molecule has 2 nitrogen and oxygen atoms in total. The van der Waals surface area contributed by atoms with Crippen molar-refractivity contribution < 1.29 is 9.84 Å². The maximum absolute atomic E-state index is 8.59. The number of aliphatic hydroxyl groups is 1. The fraction of sp³-hybridized carbons (Fsp3) is 0.429. The van der Waals surface area contributed by atoms with Crippen LogP contribution in [0, 0.1) is 11.8 Å². The van der Waals surface area contributed by atoms with Crippen LogP contribution >= 0.6 is 0 Å². The minimum atomic E-state index is 0.116. The summed E-state index contributed by atoms with van der Waals surface area (Å²) >= 11 is 0. The van der Waals surface area contributed by atoms with Crippen LogP contribution in [-0.4, -0.2) is 18.3 Å². The maximum atomic E-state index is 8.59. The molecule has 0 heterocycles. The summed E-state index contributed by atoms with van der Waals surface area (Å²) in [6.07, 6.45) is 2.75. The number of ether oxygens (including phenoxy) is 1. The number of benzene rings is 1. The zero-order valence-electron chi connectivity index (χ0n) is 9.70. The van der Waals surface area contributed by atoms with Crippen molar-refractivity contribution in [2.75, 3.05) is 13.2 Å². The smallest absolute Gasteiger partial charge is 0.119 e. The predicted molar refractivity (Wildman–Crippen MR) is 65.4 cm³/mol. The van der Waals surface area contributed by atoms with Gasteiger partial charge in [-0.15, -0.1) is 0 Å². The minimum Gasteiger partial charge on any atom is -0.494 e. The molecule has 0 aliphatic carbocycles. The minimum absolute atomic E-state index is 0.116. The first-order valence-electron chi connectivity index (χ1n) is 5.69. The summed E-state index contributed by atoms with van der Waals surface area (Å²) in [5, 5.41) is 8.59. The van der Waals surface area contributed by atoms with Gasteiger partial charge >= 0.3 is 0 Å². The van der Waals surface area contributed by atoms with Crippen molar-refractivity contribution in [2.24, 2.45) is 0 Å². The van der Waals surface area contributed by atoms with Crippen LogP contribution in [0.1, 0.15) is 31.7 Å². The van der Waals surface area contributed by atoms with Crippen molar-refractivity contribution in [3.8, 4) is 17.6 Å². The first-order valence-corrected chi connectivity index (χ1v) is 5.69. The molecule has 0 fully saturated rings. The zero-order chi connectivity index (χ0) is 11.6. The van der Waals surface area contributed by atoms with E-state index in [1.54, 1.807) is 0 Å². The molecular weight excluding hydrogens is 200 g/mol. The molecule has 1 aromatic carbocycles. The summed E-state index contributed by atoms with van der Waals surface area (Å²) in [5.41, 5.74) is 0.955. The number of rotatable bonds is 5. The molecule has 2 heteroatoms. The van der Waals surface area contributed by atoms with Gasteiger partial charge in [-0.05, 0) is 30.7 Å². The van der Waals surface area contributed by atoms with Crippen LogP contribution in [0.2, 0.25) is 0 Å². The molecule has 0 spiro atoms. The Bertz CT molecular complexity index is 343. The second kappa shape index (κ2) is 7.78. The van der Waals surface area contributed by atoms with Gasteiger partial charge in [0.05, 0.1) is 13.2 Å². The molecule has 0 saturated heterocycles. The summed E-state index contributed by atoms with van der Waals surface area (Å²) in [5.74, 6) is 6.75. The average molecular weight is 218 g/mol. The Hall–Kier alpha value is -1.46. The lowest BCUT2D eigenvalue weighted by molar-refractivity contribution is 0.305. The fourth-order valence-electron chi connectivity index (χ4n) is 1.19. The van der Waals surface area contributed by atoms with Gasteiger partial charge in [-0.25, -0.2) is 0 Å². The summed E-state index contributed by atoms with van der Waals surface area (Å²) in [6.45, 7) is 3.03. The predicted octanol–water partition coefficient (Wildman–Crippen LogP) is 2.60. The number of unbranched alkanes of at least 4 members (excludes halogenated alkanes) is 1. The van der Waals surface area contributed by atoms with E-state index in [2.05, 4.69) is 18.8 Å². The van der Waals surface area contributed by atoms with Gasteiger partial charge in [0.2, 0.25) is 0 Å². The highest BCUT2D eigenvalue weighted by Crippen LogP contribution is 2.11. The van der Waals surface area contributed by atoms with Crippen molar-refractivity contribution in [1.29, 1.82) is 0 Å². The molecule has 0 radical (unpaired) electrons. The van der Waals surface area contributed by atoms with E-state index in [9.17, 15) is 0 Å². The van der Waals surface area contributed by atoms with E-state index in [1.807, 2.05) is 24.3 Å². The molecule has 86 valence electrons. The third-order valence-electron chi connectivity index (χ3n) is 2.09. The van der Waals surface area contributed by atoms with E-state index in [-0.39, 0.29) is 6.61 Å². The fourth-order valence-corrected chi connectivity index (χ4v) is 1.19. The van der Waals surface area contributed by atoms with Crippen LogP contribution in [0.25, 0.3) is 0 Å². The second-order valence-corrected chi connectivity index (χ2v) is 3.50. The maximum Gasteiger partial charge on any atom is 0.119 e. The summed E-state index contributed by atoms with van der Waals surface area (Å²) in [6, 6.07) is 7.73. The molecule has 0 aliphatic heterocycles. The highest BCUT2D eigenvalue weighted by molar-refractivity contribution is 5.38. The van der Waals surface area contributed by atoms with Crippen LogP contribution in [0.4, 0.5) is 0 Å².